The van der Waals surface area contributed by atoms with E-state index in [2.05, 4.69) is 5.32 Å². The molecule has 0 saturated carbocycles. The molecule has 0 heterocycles. The molecule has 0 aromatic heterocycles. The maximum absolute atomic E-state index is 13.5. The molecule has 2 aromatic rings. The van der Waals surface area contributed by atoms with Crippen LogP contribution in [0.2, 0.25) is 10.0 Å². The molecule has 10 heteroatoms. The molecule has 2 rings (SSSR count). The number of benzene rings is 2. The van der Waals surface area contributed by atoms with E-state index in [1.165, 1.54) is 4.90 Å². The van der Waals surface area contributed by atoms with Crippen LogP contribution in [0.4, 0.5) is 5.69 Å². The van der Waals surface area contributed by atoms with Crippen molar-refractivity contribution in [3.05, 3.63) is 63.6 Å². The summed E-state index contributed by atoms with van der Waals surface area (Å²) in [5.41, 5.74) is 1.90. The van der Waals surface area contributed by atoms with Gasteiger partial charge in [0.25, 0.3) is 0 Å². The Kier molecular flexibility index (Phi) is 9.79. The van der Waals surface area contributed by atoms with Crippen LogP contribution in [0.15, 0.2) is 42.5 Å². The lowest BCUT2D eigenvalue weighted by Crippen LogP contribution is -2.51. The lowest BCUT2D eigenvalue weighted by atomic mass is 10.0. The van der Waals surface area contributed by atoms with E-state index in [-0.39, 0.29) is 18.4 Å². The van der Waals surface area contributed by atoms with Crippen molar-refractivity contribution in [1.29, 1.82) is 0 Å². The van der Waals surface area contributed by atoms with Crippen molar-refractivity contribution in [1.82, 2.24) is 10.2 Å². The largest absolute Gasteiger partial charge is 0.355 e. The second kappa shape index (κ2) is 11.9. The maximum atomic E-state index is 13.5. The highest BCUT2D eigenvalue weighted by Gasteiger charge is 2.31. The number of carbonyl (C=O) groups is 2. The molecule has 0 aliphatic heterocycles. The van der Waals surface area contributed by atoms with Crippen LogP contribution < -0.4 is 9.62 Å². The monoisotopic (exact) mass is 527 g/mol. The smallest absolute Gasteiger partial charge is 0.244 e. The van der Waals surface area contributed by atoms with Crippen LogP contribution in [0, 0.1) is 0 Å². The van der Waals surface area contributed by atoms with Crippen LogP contribution in [0.1, 0.15) is 44.7 Å². The molecule has 186 valence electrons. The zero-order valence-corrected chi connectivity index (χ0v) is 22.3. The number of hydrogen-bond acceptors (Lipinski definition) is 4. The first kappa shape index (κ1) is 28.0. The number of halogens is 2. The van der Waals surface area contributed by atoms with Gasteiger partial charge in [0, 0.05) is 13.1 Å². The average Bonchev–Trinajstić information content (AvgIpc) is 2.76. The van der Waals surface area contributed by atoms with Crippen molar-refractivity contribution in [3.63, 3.8) is 0 Å². The fraction of sp³-hybridized carbons (Fsp3) is 0.417. The Bertz CT molecular complexity index is 1140. The maximum Gasteiger partial charge on any atom is 0.244 e. The van der Waals surface area contributed by atoms with Gasteiger partial charge in [-0.25, -0.2) is 8.42 Å². The molecule has 0 unspecified atom stereocenters. The third-order valence-electron chi connectivity index (χ3n) is 5.36. The van der Waals surface area contributed by atoms with E-state index in [0.717, 1.165) is 16.1 Å². The van der Waals surface area contributed by atoms with Crippen LogP contribution in [0.5, 0.6) is 0 Å². The van der Waals surface area contributed by atoms with E-state index in [9.17, 15) is 18.0 Å². The number of rotatable bonds is 10. The molecule has 0 aliphatic rings. The molecule has 0 aliphatic carbocycles. The van der Waals surface area contributed by atoms with Crippen molar-refractivity contribution < 1.29 is 18.0 Å². The second-order valence-electron chi connectivity index (χ2n) is 8.32. The highest BCUT2D eigenvalue weighted by molar-refractivity contribution is 7.92. The minimum atomic E-state index is -3.80. The Balaban J connectivity index is 2.47. The van der Waals surface area contributed by atoms with Crippen molar-refractivity contribution >= 4 is 50.7 Å². The summed E-state index contributed by atoms with van der Waals surface area (Å²) in [7, 11) is -3.80. The molecule has 2 amide bonds. The van der Waals surface area contributed by atoms with E-state index in [0.29, 0.717) is 27.8 Å². The van der Waals surface area contributed by atoms with Gasteiger partial charge >= 0.3 is 0 Å². The van der Waals surface area contributed by atoms with E-state index < -0.39 is 28.5 Å². The van der Waals surface area contributed by atoms with Gasteiger partial charge in [-0.15, -0.1) is 0 Å². The van der Waals surface area contributed by atoms with Crippen LogP contribution >= 0.6 is 23.2 Å². The molecule has 0 radical (unpaired) electrons. The van der Waals surface area contributed by atoms with E-state index in [1.54, 1.807) is 44.2 Å². The van der Waals surface area contributed by atoms with Crippen molar-refractivity contribution in [3.8, 4) is 0 Å². The number of nitrogens with one attached hydrogen (secondary N) is 1. The van der Waals surface area contributed by atoms with E-state index >= 15 is 0 Å². The first-order chi connectivity index (χ1) is 15.9. The van der Waals surface area contributed by atoms with Crippen LogP contribution in [0.3, 0.4) is 0 Å². The minimum Gasteiger partial charge on any atom is -0.355 e. The number of sulfonamides is 1. The van der Waals surface area contributed by atoms with Gasteiger partial charge in [-0.1, -0.05) is 61.3 Å². The highest BCUT2D eigenvalue weighted by atomic mass is 35.5. The van der Waals surface area contributed by atoms with E-state index in [4.69, 9.17) is 23.2 Å². The molecule has 34 heavy (non-hydrogen) atoms. The average molecular weight is 529 g/mol. The third kappa shape index (κ3) is 7.10. The van der Waals surface area contributed by atoms with Gasteiger partial charge in [0.2, 0.25) is 21.8 Å². The van der Waals surface area contributed by atoms with Gasteiger partial charge in [0.05, 0.1) is 22.0 Å². The molecular formula is C24H31Cl2N3O4S. The molecule has 1 atom stereocenters. The van der Waals surface area contributed by atoms with Crippen molar-refractivity contribution in [2.75, 3.05) is 23.7 Å². The number of amides is 2. The summed E-state index contributed by atoms with van der Waals surface area (Å²) in [5, 5.41) is 3.40. The fourth-order valence-electron chi connectivity index (χ4n) is 3.54. The van der Waals surface area contributed by atoms with Crippen molar-refractivity contribution in [2.24, 2.45) is 0 Å². The zero-order valence-electron chi connectivity index (χ0n) is 20.0. The lowest BCUT2D eigenvalue weighted by Gasteiger charge is -2.32. The zero-order chi connectivity index (χ0) is 25.6. The Labute approximate surface area is 212 Å². The van der Waals surface area contributed by atoms with Gasteiger partial charge in [-0.05, 0) is 49.1 Å². The minimum absolute atomic E-state index is 0.0390. The molecule has 0 saturated heterocycles. The summed E-state index contributed by atoms with van der Waals surface area (Å²) in [6.07, 6.45) is 1.06. The quantitative estimate of drug-likeness (QED) is 0.494. The molecule has 0 bridgehead atoms. The normalized spacial score (nSPS) is 12.4. The Morgan fingerprint density at radius 3 is 2.24 bits per heavy atom. The molecular weight excluding hydrogens is 497 g/mol. The first-order valence-corrected chi connectivity index (χ1v) is 13.5. The van der Waals surface area contributed by atoms with Gasteiger partial charge in [0.15, 0.2) is 0 Å². The second-order valence-corrected chi connectivity index (χ2v) is 11.0. The highest BCUT2D eigenvalue weighted by Crippen LogP contribution is 2.29. The summed E-state index contributed by atoms with van der Waals surface area (Å²) >= 11 is 12.1. The molecule has 0 fully saturated rings. The topological polar surface area (TPSA) is 86.8 Å². The number of likely N-dealkylation sites (N-methyl/N-ethyl adjacent to an activating group) is 1. The van der Waals surface area contributed by atoms with Crippen LogP contribution in [-0.4, -0.2) is 50.5 Å². The summed E-state index contributed by atoms with van der Waals surface area (Å²) in [6.45, 7) is 7.29. The number of nitrogens with zero attached hydrogens (tertiary/aromatic N) is 2. The van der Waals surface area contributed by atoms with Gasteiger partial charge in [-0.3, -0.25) is 13.9 Å². The molecule has 7 nitrogen and oxygen atoms in total. The summed E-state index contributed by atoms with van der Waals surface area (Å²) in [6, 6.07) is 11.2. The van der Waals surface area contributed by atoms with Gasteiger partial charge in [0.1, 0.15) is 12.6 Å². The summed E-state index contributed by atoms with van der Waals surface area (Å²) in [4.78, 5) is 27.5. The predicted molar refractivity (Wildman–Crippen MR) is 138 cm³/mol. The number of hydrogen-bond donors (Lipinski definition) is 1. The molecule has 1 N–H and O–H groups in total. The van der Waals surface area contributed by atoms with Gasteiger partial charge < -0.3 is 10.2 Å². The SMILES string of the molecule is CCNC(=O)[C@@H](C)N(Cc1ccc(Cl)c(Cl)c1)C(=O)CN(c1ccccc1C(C)C)S(C)(=O)=O. The predicted octanol–water partition coefficient (Wildman–Crippen LogP) is 4.44. The summed E-state index contributed by atoms with van der Waals surface area (Å²) < 4.78 is 26.6. The third-order valence-corrected chi connectivity index (χ3v) is 7.23. The fourth-order valence-corrected chi connectivity index (χ4v) is 4.73. The Morgan fingerprint density at radius 1 is 1.03 bits per heavy atom. The van der Waals surface area contributed by atoms with Crippen LogP contribution in [0.25, 0.3) is 0 Å². The Morgan fingerprint density at radius 2 is 1.68 bits per heavy atom. The Hall–Kier alpha value is -2.29. The number of anilines is 1. The van der Waals surface area contributed by atoms with Crippen LogP contribution in [-0.2, 0) is 26.2 Å². The first-order valence-electron chi connectivity index (χ1n) is 10.9. The number of para-hydroxylation sites is 1. The molecule has 2 aromatic carbocycles. The van der Waals surface area contributed by atoms with Gasteiger partial charge in [-0.2, -0.15) is 0 Å². The summed E-state index contributed by atoms with van der Waals surface area (Å²) in [5.74, 6) is -0.824. The van der Waals surface area contributed by atoms with E-state index in [1.807, 2.05) is 26.0 Å². The number of carbonyl (C=O) groups excluding carboxylic acids is 2. The van der Waals surface area contributed by atoms with Crippen molar-refractivity contribution in [2.45, 2.75) is 46.2 Å². The lowest BCUT2D eigenvalue weighted by molar-refractivity contribution is -0.139. The standard InChI is InChI=1S/C24H31Cl2N3O4S/c1-6-27-24(31)17(4)28(14-18-11-12-20(25)21(26)13-18)23(30)15-29(34(5,32)33)22-10-8-7-9-19(22)16(2)3/h7-13,16-17H,6,14-15H2,1-5H3,(H,27,31)/t17-/m1/s1. The molecule has 0 spiro atoms.